The van der Waals surface area contributed by atoms with E-state index in [1.54, 1.807) is 12.1 Å². The van der Waals surface area contributed by atoms with Crippen LogP contribution in [0.4, 0.5) is 29.1 Å². The van der Waals surface area contributed by atoms with Crippen LogP contribution in [0.25, 0.3) is 17.5 Å². The van der Waals surface area contributed by atoms with Gasteiger partial charge in [-0.25, -0.2) is 14.4 Å². The average molecular weight is 489 g/mol. The molecule has 3 aromatic rings. The summed E-state index contributed by atoms with van der Waals surface area (Å²) in [6, 6.07) is 9.88. The number of alkyl halides is 3. The van der Waals surface area contributed by atoms with E-state index in [-0.39, 0.29) is 23.0 Å². The lowest BCUT2D eigenvalue weighted by molar-refractivity contribution is -0.137. The summed E-state index contributed by atoms with van der Waals surface area (Å²) in [4.78, 5) is 8.28. The number of nitrogens with zero attached hydrogens (tertiary/aromatic N) is 2. The molecule has 0 fully saturated rings. The van der Waals surface area contributed by atoms with Crippen molar-refractivity contribution in [2.45, 2.75) is 38.8 Å². The number of anilines is 2. The smallest absolute Gasteiger partial charge is 0.417 e. The van der Waals surface area contributed by atoms with Crippen LogP contribution >= 0.6 is 0 Å². The summed E-state index contributed by atoms with van der Waals surface area (Å²) < 4.78 is 57.7. The molecule has 9 heteroatoms. The molecule has 3 N–H and O–H groups in total. The number of halogens is 4. The Kier molecular flexibility index (Phi) is 8.68. The molecule has 0 spiro atoms. The second kappa shape index (κ2) is 11.7. The van der Waals surface area contributed by atoms with E-state index in [0.29, 0.717) is 24.5 Å². The first-order valence-corrected chi connectivity index (χ1v) is 11.4. The summed E-state index contributed by atoms with van der Waals surface area (Å²) in [5.74, 6) is 0.233. The number of aryl methyl sites for hydroxylation is 1. The van der Waals surface area contributed by atoms with E-state index in [2.05, 4.69) is 28.8 Å². The molecule has 2 aromatic carbocycles. The van der Waals surface area contributed by atoms with Crippen molar-refractivity contribution in [1.82, 2.24) is 9.97 Å². The number of rotatable bonds is 5. The van der Waals surface area contributed by atoms with E-state index in [1.165, 1.54) is 30.3 Å². The van der Waals surface area contributed by atoms with Gasteiger partial charge in [0.1, 0.15) is 5.82 Å². The van der Waals surface area contributed by atoms with Gasteiger partial charge in [-0.15, -0.1) is 0 Å². The summed E-state index contributed by atoms with van der Waals surface area (Å²) in [5, 5.41) is 3.20. The first kappa shape index (κ1) is 26.0. The Labute approximate surface area is 202 Å². The van der Waals surface area contributed by atoms with Gasteiger partial charge in [0.25, 0.3) is 0 Å². The quantitative estimate of drug-likeness (QED) is 0.389. The molecule has 0 saturated carbocycles. The highest BCUT2D eigenvalue weighted by atomic mass is 19.4. The molecule has 0 atom stereocenters. The summed E-state index contributed by atoms with van der Waals surface area (Å²) in [6.07, 6.45) is 0.546. The largest absolute Gasteiger partial charge is 0.488 e. The molecule has 0 saturated heterocycles. The highest BCUT2D eigenvalue weighted by Crippen LogP contribution is 2.37. The van der Waals surface area contributed by atoms with Gasteiger partial charge in [-0.1, -0.05) is 37.8 Å². The number of fused-ring (bicyclic) bond motifs is 1. The molecule has 5 nitrogen and oxygen atoms in total. The van der Waals surface area contributed by atoms with Crippen LogP contribution in [0.5, 0.6) is 5.75 Å². The van der Waals surface area contributed by atoms with Crippen LogP contribution in [0.15, 0.2) is 49.0 Å². The Morgan fingerprint density at radius 3 is 2.63 bits per heavy atom. The van der Waals surface area contributed by atoms with Crippen molar-refractivity contribution in [2.24, 2.45) is 0 Å². The Morgan fingerprint density at radius 1 is 1.14 bits per heavy atom. The van der Waals surface area contributed by atoms with Crippen LogP contribution in [0.3, 0.4) is 0 Å². The lowest BCUT2D eigenvalue weighted by atomic mass is 10.1. The Balaban J connectivity index is 0.000000225. The van der Waals surface area contributed by atoms with E-state index in [9.17, 15) is 17.6 Å². The van der Waals surface area contributed by atoms with Gasteiger partial charge in [0.05, 0.1) is 17.9 Å². The lowest BCUT2D eigenvalue weighted by Gasteiger charge is -2.14. The zero-order chi connectivity index (χ0) is 25.4. The molecule has 4 rings (SSSR count). The molecule has 0 radical (unpaired) electrons. The van der Waals surface area contributed by atoms with Crippen molar-refractivity contribution in [1.29, 1.82) is 0 Å². The van der Waals surface area contributed by atoms with Crippen LogP contribution in [0.2, 0.25) is 0 Å². The predicted molar refractivity (Wildman–Crippen MR) is 131 cm³/mol. The Bertz CT molecular complexity index is 1160. The van der Waals surface area contributed by atoms with E-state index in [1.807, 2.05) is 0 Å². The van der Waals surface area contributed by atoms with Gasteiger partial charge >= 0.3 is 6.18 Å². The third-order valence-electron chi connectivity index (χ3n) is 5.29. The average Bonchev–Trinajstić information content (AvgIpc) is 3.09. The predicted octanol–water partition coefficient (Wildman–Crippen LogP) is 6.75. The maximum Gasteiger partial charge on any atom is 0.417 e. The number of hydrogen-bond donors (Lipinski definition) is 2. The maximum atomic E-state index is 13.1. The van der Waals surface area contributed by atoms with Crippen molar-refractivity contribution in [3.05, 3.63) is 71.7 Å². The molecule has 0 amide bonds. The van der Waals surface area contributed by atoms with E-state index in [0.717, 1.165) is 43.1 Å². The van der Waals surface area contributed by atoms with Gasteiger partial charge in [-0.05, 0) is 55.5 Å². The van der Waals surface area contributed by atoms with Crippen molar-refractivity contribution in [2.75, 3.05) is 24.2 Å². The molecule has 0 unspecified atom stereocenters. The molecule has 1 aromatic heterocycles. The number of aromatic nitrogens is 2. The molecule has 0 bridgehead atoms. The maximum absolute atomic E-state index is 13.1. The molecular weight excluding hydrogens is 460 g/mol. The summed E-state index contributed by atoms with van der Waals surface area (Å²) in [5.41, 5.74) is 7.32. The molecule has 1 aliphatic rings. The SMILES string of the molecule is C=Cc1cc(F)ccc1NCCC.Nc1nc(-c2ccccc2C(F)(F)F)nc2c1OCCCC2. The fourth-order valence-electron chi connectivity index (χ4n) is 3.58. The van der Waals surface area contributed by atoms with Crippen molar-refractivity contribution < 1.29 is 22.3 Å². The monoisotopic (exact) mass is 488 g/mol. The fourth-order valence-corrected chi connectivity index (χ4v) is 3.58. The number of ether oxygens (including phenoxy) is 1. The minimum Gasteiger partial charge on any atom is -0.488 e. The first-order chi connectivity index (χ1) is 16.7. The lowest BCUT2D eigenvalue weighted by Crippen LogP contribution is -2.10. The molecule has 1 aliphatic heterocycles. The van der Waals surface area contributed by atoms with Gasteiger partial charge in [0, 0.05) is 17.8 Å². The minimum absolute atomic E-state index is 0.0188. The van der Waals surface area contributed by atoms with Crippen LogP contribution in [-0.4, -0.2) is 23.1 Å². The van der Waals surface area contributed by atoms with Gasteiger partial charge < -0.3 is 15.8 Å². The number of hydrogen-bond acceptors (Lipinski definition) is 5. The van der Waals surface area contributed by atoms with E-state index >= 15 is 0 Å². The van der Waals surface area contributed by atoms with E-state index < -0.39 is 11.7 Å². The number of nitrogen functional groups attached to an aromatic ring is 1. The second-order valence-corrected chi connectivity index (χ2v) is 7.92. The second-order valence-electron chi connectivity index (χ2n) is 7.92. The molecule has 35 heavy (non-hydrogen) atoms. The minimum atomic E-state index is -4.47. The van der Waals surface area contributed by atoms with Gasteiger partial charge in [0.2, 0.25) is 0 Å². The standard InChI is InChI=1S/C15H14F3N3O.C11H14FN/c16-15(17,18)10-6-2-1-5-9(10)14-20-11-7-3-4-8-22-12(11)13(19)21-14;1-3-7-13-11-6-5-10(12)8-9(11)4-2/h1-2,5-6H,3-4,7-8H2,(H2,19,20,21);4-6,8,13H,2-3,7H2,1H3. The highest BCUT2D eigenvalue weighted by Gasteiger charge is 2.34. The molecule has 0 aliphatic carbocycles. The third kappa shape index (κ3) is 6.71. The van der Waals surface area contributed by atoms with Crippen molar-refractivity contribution >= 4 is 17.6 Å². The number of nitrogens with two attached hydrogens (primary N) is 1. The first-order valence-electron chi connectivity index (χ1n) is 11.4. The van der Waals surface area contributed by atoms with Crippen LogP contribution in [0, 0.1) is 5.82 Å². The molecule has 2 heterocycles. The summed E-state index contributed by atoms with van der Waals surface area (Å²) >= 11 is 0. The Hall–Kier alpha value is -3.62. The van der Waals surface area contributed by atoms with Crippen molar-refractivity contribution in [3.8, 4) is 17.1 Å². The van der Waals surface area contributed by atoms with Crippen LogP contribution in [-0.2, 0) is 12.6 Å². The zero-order valence-corrected chi connectivity index (χ0v) is 19.5. The van der Waals surface area contributed by atoms with E-state index in [4.69, 9.17) is 10.5 Å². The number of nitrogens with one attached hydrogen (secondary N) is 1. The van der Waals surface area contributed by atoms with Gasteiger partial charge in [0.15, 0.2) is 17.4 Å². The Morgan fingerprint density at radius 2 is 1.91 bits per heavy atom. The molecule has 186 valence electrons. The summed E-state index contributed by atoms with van der Waals surface area (Å²) in [7, 11) is 0. The third-order valence-corrected chi connectivity index (χ3v) is 5.29. The van der Waals surface area contributed by atoms with Gasteiger partial charge in [-0.2, -0.15) is 13.2 Å². The van der Waals surface area contributed by atoms with Gasteiger partial charge in [-0.3, -0.25) is 0 Å². The molecular formula is C26H28F4N4O. The topological polar surface area (TPSA) is 73.1 Å². The van der Waals surface area contributed by atoms with Crippen molar-refractivity contribution in [3.63, 3.8) is 0 Å². The fraction of sp³-hybridized carbons (Fsp3) is 0.308. The normalized spacial score (nSPS) is 12.9. The highest BCUT2D eigenvalue weighted by molar-refractivity contribution is 5.66. The number of benzene rings is 2. The summed E-state index contributed by atoms with van der Waals surface area (Å²) in [6.45, 7) is 7.13. The van der Waals surface area contributed by atoms with Crippen LogP contribution < -0.4 is 15.8 Å². The van der Waals surface area contributed by atoms with Crippen LogP contribution in [0.1, 0.15) is 43.0 Å². The zero-order valence-electron chi connectivity index (χ0n) is 19.5.